The highest BCUT2D eigenvalue weighted by Gasteiger charge is 2.33. The van der Waals surface area contributed by atoms with Gasteiger partial charge in [-0.2, -0.15) is 0 Å². The van der Waals surface area contributed by atoms with Gasteiger partial charge in [0, 0.05) is 64.5 Å². The number of nitrogens with one attached hydrogen (secondary N) is 7. The number of thioether (sulfide) groups is 2. The molecule has 0 aliphatic carbocycles. The van der Waals surface area contributed by atoms with Crippen molar-refractivity contribution in [1.29, 1.82) is 0 Å². The summed E-state index contributed by atoms with van der Waals surface area (Å²) in [6.45, 7) is 8.06. The smallest absolute Gasteiger partial charge is 0.305 e. The zero-order valence-electron chi connectivity index (χ0n) is 40.1. The molecule has 1 aliphatic heterocycles. The SMILES string of the molecule is CCOC(C)SCC(=O)NCC(CCC(=O)NCCCC[C@H]1NC(=O)c2cccc(c2)CNC(=O)[C@H](CC(=O)O)NC(=O)CNC(=O)[C@H](CCCN=C(N)N)N(C)C1=O)NC(=O)CSC(C)OCC. The summed E-state index contributed by atoms with van der Waals surface area (Å²) in [6, 6.07) is 1.79. The van der Waals surface area contributed by atoms with Crippen LogP contribution >= 0.6 is 23.5 Å². The lowest BCUT2D eigenvalue weighted by Crippen LogP contribution is -2.56. The first kappa shape index (κ1) is 59.5. The molecule has 23 nitrogen and oxygen atoms in total. The molecule has 8 amide bonds. The number of nitrogens with two attached hydrogens (primary N) is 2. The largest absolute Gasteiger partial charge is 0.481 e. The van der Waals surface area contributed by atoms with E-state index in [1.807, 2.05) is 27.7 Å². The normalized spacial score (nSPS) is 18.4. The van der Waals surface area contributed by atoms with Gasteiger partial charge in [-0.1, -0.05) is 12.1 Å². The minimum absolute atomic E-state index is 0.0288. The Morgan fingerprint density at radius 1 is 0.855 bits per heavy atom. The van der Waals surface area contributed by atoms with Crippen LogP contribution in [0.1, 0.15) is 95.0 Å². The lowest BCUT2D eigenvalue weighted by Gasteiger charge is -2.31. The third-order valence-corrected chi connectivity index (χ3v) is 12.4. The molecule has 0 radical (unpaired) electrons. The average molecular weight is 1010 g/mol. The van der Waals surface area contributed by atoms with Gasteiger partial charge in [0.25, 0.3) is 5.91 Å². The highest BCUT2D eigenvalue weighted by atomic mass is 32.2. The summed E-state index contributed by atoms with van der Waals surface area (Å²) in [5.74, 6) is -5.76. The lowest BCUT2D eigenvalue weighted by atomic mass is 10.0. The lowest BCUT2D eigenvalue weighted by molar-refractivity contribution is -0.141. The van der Waals surface area contributed by atoms with Crippen LogP contribution in [-0.2, 0) is 54.4 Å². The van der Waals surface area contributed by atoms with Crippen LogP contribution in [0, 0.1) is 0 Å². The predicted octanol–water partition coefficient (Wildman–Crippen LogP) is -0.730. The fraction of sp³-hybridized carbons (Fsp3) is 0.636. The maximum atomic E-state index is 14.3. The van der Waals surface area contributed by atoms with Crippen molar-refractivity contribution < 1.29 is 57.7 Å². The molecule has 3 unspecified atom stereocenters. The fourth-order valence-electron chi connectivity index (χ4n) is 6.77. The van der Waals surface area contributed by atoms with Crippen LogP contribution in [0.25, 0.3) is 0 Å². The van der Waals surface area contributed by atoms with Crippen LogP contribution in [0.4, 0.5) is 0 Å². The molecule has 2 rings (SSSR count). The van der Waals surface area contributed by atoms with Gasteiger partial charge >= 0.3 is 5.97 Å². The molecule has 1 aromatic rings. The van der Waals surface area contributed by atoms with Crippen molar-refractivity contribution in [3.63, 3.8) is 0 Å². The van der Waals surface area contributed by atoms with Gasteiger partial charge in [-0.15, -0.1) is 23.5 Å². The number of amides is 8. The molecule has 25 heteroatoms. The highest BCUT2D eigenvalue weighted by Crippen LogP contribution is 2.15. The molecule has 0 saturated heterocycles. The predicted molar refractivity (Wildman–Crippen MR) is 261 cm³/mol. The summed E-state index contributed by atoms with van der Waals surface area (Å²) in [7, 11) is 1.38. The second kappa shape index (κ2) is 33.0. The van der Waals surface area contributed by atoms with Crippen LogP contribution < -0.4 is 48.7 Å². The first-order valence-electron chi connectivity index (χ1n) is 22.9. The summed E-state index contributed by atoms with van der Waals surface area (Å²) in [4.78, 5) is 123. The van der Waals surface area contributed by atoms with Crippen molar-refractivity contribution in [1.82, 2.24) is 42.1 Å². The van der Waals surface area contributed by atoms with Crippen molar-refractivity contribution in [3.8, 4) is 0 Å². The molecule has 0 fully saturated rings. The molecule has 1 aromatic carbocycles. The minimum atomic E-state index is -1.49. The topological polar surface area (TPSA) is 344 Å². The zero-order chi connectivity index (χ0) is 51.3. The second-order valence-electron chi connectivity index (χ2n) is 15.9. The quantitative estimate of drug-likeness (QED) is 0.0225. The minimum Gasteiger partial charge on any atom is -0.481 e. The van der Waals surface area contributed by atoms with E-state index in [-0.39, 0.29) is 110 Å². The van der Waals surface area contributed by atoms with Crippen LogP contribution in [0.15, 0.2) is 29.3 Å². The number of aliphatic carboxylic acids is 1. The maximum Gasteiger partial charge on any atom is 0.305 e. The van der Waals surface area contributed by atoms with Gasteiger partial charge < -0.3 is 68.2 Å². The average Bonchev–Trinajstić information content (AvgIpc) is 3.30. The van der Waals surface area contributed by atoms with E-state index in [0.29, 0.717) is 31.6 Å². The van der Waals surface area contributed by atoms with E-state index in [9.17, 15) is 48.3 Å². The van der Waals surface area contributed by atoms with Gasteiger partial charge in [0.1, 0.15) is 29.0 Å². The van der Waals surface area contributed by atoms with Crippen molar-refractivity contribution in [3.05, 3.63) is 35.4 Å². The first-order valence-corrected chi connectivity index (χ1v) is 25.0. The third-order valence-electron chi connectivity index (χ3n) is 10.3. The number of fused-ring (bicyclic) bond motifs is 2. The number of unbranched alkanes of at least 4 members (excludes halogenated alkanes) is 1. The van der Waals surface area contributed by atoms with Crippen molar-refractivity contribution in [2.45, 2.75) is 121 Å². The molecular weight excluding hydrogens is 939 g/mol. The number of carbonyl (C=O) groups is 9. The van der Waals surface area contributed by atoms with Gasteiger partial charge in [-0.05, 0) is 83.9 Å². The Morgan fingerprint density at radius 2 is 1.52 bits per heavy atom. The van der Waals surface area contributed by atoms with E-state index in [1.165, 1.54) is 42.7 Å². The van der Waals surface area contributed by atoms with E-state index >= 15 is 0 Å². The van der Waals surface area contributed by atoms with Crippen LogP contribution in [-0.4, -0.2) is 162 Å². The molecule has 0 aromatic heterocycles. The molecule has 69 heavy (non-hydrogen) atoms. The molecule has 0 spiro atoms. The van der Waals surface area contributed by atoms with Crippen LogP contribution in [0.5, 0.6) is 0 Å². The number of hydrogen-bond acceptors (Lipinski definition) is 14. The monoisotopic (exact) mass is 1010 g/mol. The van der Waals surface area contributed by atoms with Crippen LogP contribution in [0.3, 0.4) is 0 Å². The molecule has 386 valence electrons. The number of benzene rings is 1. The summed E-state index contributed by atoms with van der Waals surface area (Å²) in [5, 5.41) is 28.1. The molecule has 0 saturated carbocycles. The number of nitrogens with zero attached hydrogens (tertiary/aromatic N) is 2. The van der Waals surface area contributed by atoms with Crippen molar-refractivity contribution >= 4 is 82.7 Å². The highest BCUT2D eigenvalue weighted by molar-refractivity contribution is 8.00. The summed E-state index contributed by atoms with van der Waals surface area (Å²) in [6.07, 6.45) is 0.568. The Morgan fingerprint density at radius 3 is 2.17 bits per heavy atom. The standard InChI is InChI=1S/C44H71N11O12S2/c1-6-66-27(3)68-25-37(58)49-23-31(52-38(59)26-69-28(4)67-7-2)16-17-35(56)47-18-9-8-14-32-43(65)55(5)34(15-11-19-48-44(45)46)42(64)51-24-36(57)53-33(21-39(60)61)41(63)50-22-29-12-10-13-30(20-29)40(62)54-32/h10,12-13,20,27-28,31-34H,6-9,11,14-19,21-26H2,1-5H3,(H,47,56)(H,49,58)(H,50,63)(H,51,64)(H,52,59)(H,53,57)(H,54,62)(H,60,61)(H4,45,46,48)/t27?,28?,31?,32-,33+,34+/m1/s1. The Labute approximate surface area is 411 Å². The number of carbonyl (C=O) groups excluding carboxylic acids is 8. The summed E-state index contributed by atoms with van der Waals surface area (Å²) < 4.78 is 11.0. The Kier molecular flexibility index (Phi) is 28.4. The van der Waals surface area contributed by atoms with E-state index < -0.39 is 72.6 Å². The number of guanidine groups is 1. The number of ether oxygens (including phenoxy) is 2. The number of likely N-dealkylation sites (N-methyl/N-ethyl adjacent to an activating group) is 1. The Hall–Kier alpha value is -5.66. The van der Waals surface area contributed by atoms with E-state index in [2.05, 4.69) is 42.2 Å². The zero-order valence-corrected chi connectivity index (χ0v) is 41.7. The van der Waals surface area contributed by atoms with E-state index in [4.69, 9.17) is 20.9 Å². The van der Waals surface area contributed by atoms with Gasteiger partial charge in [0.2, 0.25) is 41.4 Å². The van der Waals surface area contributed by atoms with Gasteiger partial charge in [0.15, 0.2) is 5.96 Å². The number of carboxylic acids is 1. The van der Waals surface area contributed by atoms with E-state index in [1.54, 1.807) is 12.1 Å². The molecule has 6 atom stereocenters. The Balaban J connectivity index is 2.21. The first-order chi connectivity index (χ1) is 32.8. The number of hydrogen-bond donors (Lipinski definition) is 10. The summed E-state index contributed by atoms with van der Waals surface area (Å²) >= 11 is 2.66. The molecule has 12 N–H and O–H groups in total. The van der Waals surface area contributed by atoms with Gasteiger partial charge in [-0.25, -0.2) is 0 Å². The number of aliphatic imine (C=N–C) groups is 1. The van der Waals surface area contributed by atoms with Gasteiger partial charge in [-0.3, -0.25) is 48.1 Å². The molecule has 2 bridgehead atoms. The van der Waals surface area contributed by atoms with Crippen molar-refractivity contribution in [2.75, 3.05) is 57.9 Å². The van der Waals surface area contributed by atoms with E-state index in [0.717, 1.165) is 4.90 Å². The summed E-state index contributed by atoms with van der Waals surface area (Å²) in [5.41, 5.74) is 11.2. The van der Waals surface area contributed by atoms with Crippen molar-refractivity contribution in [2.24, 2.45) is 16.5 Å². The number of carboxylic acid groups (broad SMARTS) is 1. The second-order valence-corrected chi connectivity index (χ2v) is 18.5. The Bertz CT molecular complexity index is 1910. The maximum absolute atomic E-state index is 14.3. The molecular formula is C44H71N11O12S2. The third kappa shape index (κ3) is 25.0. The van der Waals surface area contributed by atoms with Gasteiger partial charge in [0.05, 0.1) is 24.5 Å². The number of rotatable bonds is 27. The fourth-order valence-corrected chi connectivity index (χ4v) is 8.19. The molecule has 1 heterocycles. The molecule has 1 aliphatic rings. The van der Waals surface area contributed by atoms with Crippen LogP contribution in [0.2, 0.25) is 0 Å².